The van der Waals surface area contributed by atoms with Gasteiger partial charge < -0.3 is 21.3 Å². The highest BCUT2D eigenvalue weighted by Gasteiger charge is 2.60. The second-order valence-corrected chi connectivity index (χ2v) is 9.60. The summed E-state index contributed by atoms with van der Waals surface area (Å²) in [5.41, 5.74) is 8.11. The van der Waals surface area contributed by atoms with Gasteiger partial charge in [0.25, 0.3) is 0 Å². The molecule has 0 aromatic heterocycles. The second-order valence-electron chi connectivity index (χ2n) is 9.60. The van der Waals surface area contributed by atoms with Crippen LogP contribution in [0, 0.1) is 5.92 Å². The molecule has 2 aromatic rings. The zero-order valence-corrected chi connectivity index (χ0v) is 19.8. The molecule has 2 aliphatic rings. The Balaban J connectivity index is 1.56. The number of hydrogen-bond acceptors (Lipinski definition) is 4. The fourth-order valence-corrected chi connectivity index (χ4v) is 5.26. The lowest BCUT2D eigenvalue weighted by molar-refractivity contribution is -0.139. The maximum absolute atomic E-state index is 13.7. The van der Waals surface area contributed by atoms with Gasteiger partial charge in [-0.05, 0) is 42.5 Å². The first-order valence-corrected chi connectivity index (χ1v) is 11.8. The molecule has 2 aromatic carbocycles. The standard InChI is InChI=1S/C27H32N4O3/c1-17(2)15-22(29-24(32)14-13-19-9-5-4-6-10-19)25(33)31-18(3)27(16-23(31)28)20-11-7-8-12-21(20)30-26(27)34/h4-14,17-18,22-23H,15-16,28H2,1-3H3,(H,29,32)(H,30,34)/b14-13+/t18?,22-,23-,27-/m0/s1. The molecule has 4 atom stereocenters. The minimum Gasteiger partial charge on any atom is -0.341 e. The lowest BCUT2D eigenvalue weighted by Crippen LogP contribution is -2.56. The van der Waals surface area contributed by atoms with Gasteiger partial charge in [-0.15, -0.1) is 0 Å². The number of carbonyl (C=O) groups excluding carboxylic acids is 3. The zero-order chi connectivity index (χ0) is 24.5. The first kappa shape index (κ1) is 23.7. The van der Waals surface area contributed by atoms with Crippen molar-refractivity contribution in [1.29, 1.82) is 0 Å². The van der Waals surface area contributed by atoms with Gasteiger partial charge in [0.15, 0.2) is 0 Å². The summed E-state index contributed by atoms with van der Waals surface area (Å²) in [6.07, 6.45) is 3.32. The van der Waals surface area contributed by atoms with E-state index in [-0.39, 0.29) is 23.6 Å². The van der Waals surface area contributed by atoms with Crippen molar-refractivity contribution in [1.82, 2.24) is 10.2 Å². The molecule has 1 fully saturated rings. The van der Waals surface area contributed by atoms with Gasteiger partial charge in [-0.2, -0.15) is 0 Å². The highest BCUT2D eigenvalue weighted by atomic mass is 16.2. The molecule has 7 nitrogen and oxygen atoms in total. The number of fused-ring (bicyclic) bond motifs is 2. The number of hydrogen-bond donors (Lipinski definition) is 3. The summed E-state index contributed by atoms with van der Waals surface area (Å²) in [7, 11) is 0. The largest absolute Gasteiger partial charge is 0.341 e. The molecule has 2 heterocycles. The van der Waals surface area contributed by atoms with E-state index in [9.17, 15) is 14.4 Å². The normalized spacial score (nSPS) is 24.5. The first-order chi connectivity index (χ1) is 16.2. The van der Waals surface area contributed by atoms with Crippen molar-refractivity contribution in [2.45, 2.75) is 57.3 Å². The number of carbonyl (C=O) groups is 3. The number of rotatable bonds is 6. The van der Waals surface area contributed by atoms with Crippen molar-refractivity contribution >= 4 is 29.5 Å². The van der Waals surface area contributed by atoms with Gasteiger partial charge in [-0.1, -0.05) is 62.4 Å². The average Bonchev–Trinajstić information content (AvgIpc) is 3.24. The maximum Gasteiger partial charge on any atom is 0.246 e. The first-order valence-electron chi connectivity index (χ1n) is 11.8. The summed E-state index contributed by atoms with van der Waals surface area (Å²) in [6, 6.07) is 15.9. The van der Waals surface area contributed by atoms with Gasteiger partial charge in [-0.25, -0.2) is 0 Å². The van der Waals surface area contributed by atoms with Crippen LogP contribution in [0.2, 0.25) is 0 Å². The van der Waals surface area contributed by atoms with E-state index in [1.54, 1.807) is 11.0 Å². The minimum atomic E-state index is -0.898. The average molecular weight is 461 g/mol. The molecule has 7 heteroatoms. The van der Waals surface area contributed by atoms with Gasteiger partial charge in [0.05, 0.1) is 11.6 Å². The molecule has 0 saturated carbocycles. The number of benzene rings is 2. The quantitative estimate of drug-likeness (QED) is 0.577. The summed E-state index contributed by atoms with van der Waals surface area (Å²) in [5.74, 6) is -0.570. The highest BCUT2D eigenvalue weighted by Crippen LogP contribution is 2.49. The van der Waals surface area contributed by atoms with Gasteiger partial charge >= 0.3 is 0 Å². The van der Waals surface area contributed by atoms with Crippen LogP contribution in [0.25, 0.3) is 6.08 Å². The third kappa shape index (κ3) is 4.23. The van der Waals surface area contributed by atoms with Crippen LogP contribution in [-0.2, 0) is 19.8 Å². The highest BCUT2D eigenvalue weighted by molar-refractivity contribution is 6.08. The van der Waals surface area contributed by atoms with Crippen molar-refractivity contribution in [2.24, 2.45) is 11.7 Å². The molecule has 0 radical (unpaired) electrons. The van der Waals surface area contributed by atoms with Crippen LogP contribution in [0.15, 0.2) is 60.7 Å². The number of nitrogens with one attached hydrogen (secondary N) is 2. The number of nitrogens with zero attached hydrogens (tertiary/aromatic N) is 1. The van der Waals surface area contributed by atoms with Gasteiger partial charge in [-0.3, -0.25) is 14.4 Å². The molecule has 1 spiro atoms. The maximum atomic E-state index is 13.7. The summed E-state index contributed by atoms with van der Waals surface area (Å²) >= 11 is 0. The topological polar surface area (TPSA) is 105 Å². The smallest absolute Gasteiger partial charge is 0.246 e. The fourth-order valence-electron chi connectivity index (χ4n) is 5.26. The Morgan fingerprint density at radius 3 is 2.56 bits per heavy atom. The van der Waals surface area contributed by atoms with Crippen LogP contribution in [0.5, 0.6) is 0 Å². The summed E-state index contributed by atoms with van der Waals surface area (Å²) in [5, 5.41) is 5.83. The third-order valence-corrected chi connectivity index (χ3v) is 6.88. The number of anilines is 1. The fraction of sp³-hybridized carbons (Fsp3) is 0.370. The van der Waals surface area contributed by atoms with E-state index < -0.39 is 23.7 Å². The van der Waals surface area contributed by atoms with E-state index in [1.165, 1.54) is 6.08 Å². The van der Waals surface area contributed by atoms with E-state index in [0.29, 0.717) is 12.8 Å². The molecule has 34 heavy (non-hydrogen) atoms. The van der Waals surface area contributed by atoms with Crippen LogP contribution in [0.1, 0.15) is 44.7 Å². The Kier molecular flexibility index (Phi) is 6.57. The lowest BCUT2D eigenvalue weighted by Gasteiger charge is -2.34. The molecule has 0 aliphatic carbocycles. The molecular weight excluding hydrogens is 428 g/mol. The van der Waals surface area contributed by atoms with E-state index in [1.807, 2.05) is 75.4 Å². The van der Waals surface area contributed by atoms with Crippen molar-refractivity contribution in [3.05, 3.63) is 71.8 Å². The van der Waals surface area contributed by atoms with Crippen LogP contribution in [0.3, 0.4) is 0 Å². The molecule has 3 amide bonds. The predicted octanol–water partition coefficient (Wildman–Crippen LogP) is 3.03. The van der Waals surface area contributed by atoms with Crippen LogP contribution < -0.4 is 16.4 Å². The number of amides is 3. The lowest BCUT2D eigenvalue weighted by atomic mass is 9.75. The van der Waals surface area contributed by atoms with E-state index in [2.05, 4.69) is 10.6 Å². The van der Waals surface area contributed by atoms with Gasteiger partial charge in [0.2, 0.25) is 17.7 Å². The van der Waals surface area contributed by atoms with Crippen molar-refractivity contribution in [3.63, 3.8) is 0 Å². The SMILES string of the molecule is CC(C)C[C@H](NC(=O)/C=C/c1ccccc1)C(=O)N1C(C)[C@]2(C[C@H]1N)C(=O)Nc1ccccc12. The third-order valence-electron chi connectivity index (χ3n) is 6.88. The number of likely N-dealkylation sites (tertiary alicyclic amines) is 1. The summed E-state index contributed by atoms with van der Waals surface area (Å²) in [6.45, 7) is 5.87. The van der Waals surface area contributed by atoms with E-state index in [0.717, 1.165) is 16.8 Å². The van der Waals surface area contributed by atoms with Crippen LogP contribution >= 0.6 is 0 Å². The molecule has 2 aliphatic heterocycles. The molecule has 1 unspecified atom stereocenters. The second kappa shape index (κ2) is 9.43. The summed E-state index contributed by atoms with van der Waals surface area (Å²) < 4.78 is 0. The summed E-state index contributed by atoms with van der Waals surface area (Å²) in [4.78, 5) is 41.2. The minimum absolute atomic E-state index is 0.137. The Hall–Kier alpha value is -3.45. The molecule has 178 valence electrons. The Morgan fingerprint density at radius 1 is 1.18 bits per heavy atom. The van der Waals surface area contributed by atoms with E-state index >= 15 is 0 Å². The molecule has 4 N–H and O–H groups in total. The molecule has 0 bridgehead atoms. The Labute approximate surface area is 200 Å². The Morgan fingerprint density at radius 2 is 1.85 bits per heavy atom. The number of para-hydroxylation sites is 1. The van der Waals surface area contributed by atoms with Crippen molar-refractivity contribution in [2.75, 3.05) is 5.32 Å². The zero-order valence-electron chi connectivity index (χ0n) is 19.8. The predicted molar refractivity (Wildman–Crippen MR) is 133 cm³/mol. The monoisotopic (exact) mass is 460 g/mol. The van der Waals surface area contributed by atoms with Gasteiger partial charge in [0, 0.05) is 24.2 Å². The number of nitrogens with two attached hydrogens (primary N) is 1. The van der Waals surface area contributed by atoms with Gasteiger partial charge in [0.1, 0.15) is 6.04 Å². The van der Waals surface area contributed by atoms with Crippen LogP contribution in [-0.4, -0.2) is 40.9 Å². The molecular formula is C27H32N4O3. The molecule has 1 saturated heterocycles. The van der Waals surface area contributed by atoms with Crippen LogP contribution in [0.4, 0.5) is 5.69 Å². The van der Waals surface area contributed by atoms with Crippen molar-refractivity contribution in [3.8, 4) is 0 Å². The van der Waals surface area contributed by atoms with E-state index in [4.69, 9.17) is 5.73 Å². The van der Waals surface area contributed by atoms with Crippen molar-refractivity contribution < 1.29 is 14.4 Å². The molecule has 4 rings (SSSR count). The Bertz CT molecular complexity index is 1110.